The largest absolute Gasteiger partial charge is 0.0654 e. The zero-order valence-corrected chi connectivity index (χ0v) is 9.48. The molecule has 0 heterocycles. The molecule has 0 aromatic rings. The molecule has 0 spiro atoms. The van der Waals surface area contributed by atoms with Gasteiger partial charge in [0.2, 0.25) is 0 Å². The summed E-state index contributed by atoms with van der Waals surface area (Å²) in [5.41, 5.74) is 0.469. The molecule has 0 aliphatic carbocycles. The molecule has 0 fully saturated rings. The molecule has 2 atom stereocenters. The molecule has 0 N–H and O–H groups in total. The fraction of sp³-hybridized carbons (Fsp3) is 0.917. The van der Waals surface area contributed by atoms with E-state index in [9.17, 15) is 0 Å². The van der Waals surface area contributed by atoms with Gasteiger partial charge in [-0.15, -0.1) is 0 Å². The van der Waals surface area contributed by atoms with Crippen LogP contribution in [0.4, 0.5) is 0 Å². The van der Waals surface area contributed by atoms with Crippen molar-refractivity contribution in [2.75, 3.05) is 0 Å². The predicted octanol–water partition coefficient (Wildman–Crippen LogP) is 4.31. The standard InChI is InChI=1S/C12H25/c1-7-8-11(4)12(5,6)9-10(2)3/h10-11H,2,7-9H2,1,3-6H3. The van der Waals surface area contributed by atoms with E-state index < -0.39 is 0 Å². The van der Waals surface area contributed by atoms with Crippen LogP contribution in [-0.2, 0) is 0 Å². The molecule has 0 bridgehead atoms. The molecule has 0 saturated carbocycles. The van der Waals surface area contributed by atoms with Gasteiger partial charge in [-0.3, -0.25) is 0 Å². The number of hydrogen-bond donors (Lipinski definition) is 0. The minimum Gasteiger partial charge on any atom is -0.0654 e. The summed E-state index contributed by atoms with van der Waals surface area (Å²) < 4.78 is 0. The van der Waals surface area contributed by atoms with Crippen LogP contribution in [0.3, 0.4) is 0 Å². The van der Waals surface area contributed by atoms with Crippen molar-refractivity contribution in [3.8, 4) is 0 Å². The van der Waals surface area contributed by atoms with Crippen LogP contribution in [0, 0.1) is 24.2 Å². The van der Waals surface area contributed by atoms with Gasteiger partial charge in [0.1, 0.15) is 0 Å². The smallest absolute Gasteiger partial charge is 0.0326 e. The summed E-state index contributed by atoms with van der Waals surface area (Å²) in [5.74, 6) is 1.41. The van der Waals surface area contributed by atoms with Gasteiger partial charge in [0, 0.05) is 0 Å². The Bertz CT molecular complexity index is 111. The molecule has 0 nitrogen and oxygen atoms in total. The van der Waals surface area contributed by atoms with Gasteiger partial charge in [0.25, 0.3) is 0 Å². The van der Waals surface area contributed by atoms with Crippen LogP contribution in [0.25, 0.3) is 0 Å². The summed E-state index contributed by atoms with van der Waals surface area (Å²) in [7, 11) is 0. The fourth-order valence-corrected chi connectivity index (χ4v) is 1.92. The predicted molar refractivity (Wildman–Crippen MR) is 57.0 cm³/mol. The summed E-state index contributed by atoms with van der Waals surface area (Å²) in [5, 5.41) is 0. The zero-order chi connectivity index (χ0) is 9.78. The summed E-state index contributed by atoms with van der Waals surface area (Å²) in [6, 6.07) is 0. The van der Waals surface area contributed by atoms with Crippen molar-refractivity contribution in [3.63, 3.8) is 0 Å². The second-order valence-corrected chi connectivity index (χ2v) is 4.99. The second-order valence-electron chi connectivity index (χ2n) is 4.99. The Morgan fingerprint density at radius 1 is 1.25 bits per heavy atom. The lowest BCUT2D eigenvalue weighted by Gasteiger charge is -2.33. The van der Waals surface area contributed by atoms with Crippen molar-refractivity contribution in [1.29, 1.82) is 0 Å². The molecule has 0 aliphatic heterocycles. The lowest BCUT2D eigenvalue weighted by molar-refractivity contribution is 0.180. The van der Waals surface area contributed by atoms with Crippen LogP contribution in [0.2, 0.25) is 0 Å². The van der Waals surface area contributed by atoms with Gasteiger partial charge in [0.15, 0.2) is 0 Å². The van der Waals surface area contributed by atoms with Crippen molar-refractivity contribution < 1.29 is 0 Å². The Balaban J connectivity index is 3.99. The summed E-state index contributed by atoms with van der Waals surface area (Å²) in [4.78, 5) is 0. The fourth-order valence-electron chi connectivity index (χ4n) is 1.92. The van der Waals surface area contributed by atoms with E-state index in [0.29, 0.717) is 11.3 Å². The van der Waals surface area contributed by atoms with Crippen LogP contribution in [0.5, 0.6) is 0 Å². The van der Waals surface area contributed by atoms with Crippen molar-refractivity contribution in [2.45, 2.75) is 53.9 Å². The van der Waals surface area contributed by atoms with E-state index in [1.165, 1.54) is 19.3 Å². The highest BCUT2D eigenvalue weighted by Gasteiger charge is 2.25. The third kappa shape index (κ3) is 4.13. The molecule has 0 aromatic heterocycles. The summed E-state index contributed by atoms with van der Waals surface area (Å²) >= 11 is 0. The van der Waals surface area contributed by atoms with Crippen LogP contribution in [-0.4, -0.2) is 0 Å². The van der Waals surface area contributed by atoms with Gasteiger partial charge in [-0.1, -0.05) is 54.4 Å². The Morgan fingerprint density at radius 3 is 2.08 bits per heavy atom. The minimum absolute atomic E-state index is 0.469. The van der Waals surface area contributed by atoms with E-state index in [-0.39, 0.29) is 0 Å². The van der Waals surface area contributed by atoms with Gasteiger partial charge in [-0.05, 0) is 23.7 Å². The second kappa shape index (κ2) is 4.89. The molecule has 0 amide bonds. The monoisotopic (exact) mass is 169 g/mol. The molecule has 0 heteroatoms. The van der Waals surface area contributed by atoms with Crippen LogP contribution in [0.1, 0.15) is 53.9 Å². The third-order valence-electron chi connectivity index (χ3n) is 2.93. The maximum atomic E-state index is 4.07. The Kier molecular flexibility index (Phi) is 4.89. The molecular formula is C12H25. The van der Waals surface area contributed by atoms with Crippen LogP contribution in [0.15, 0.2) is 0 Å². The topological polar surface area (TPSA) is 0 Å². The van der Waals surface area contributed by atoms with Crippen molar-refractivity contribution in [3.05, 3.63) is 6.92 Å². The van der Waals surface area contributed by atoms with Crippen LogP contribution >= 0.6 is 0 Å². The molecular weight excluding hydrogens is 144 g/mol. The molecule has 0 aliphatic rings. The van der Waals surface area contributed by atoms with E-state index in [2.05, 4.69) is 41.5 Å². The van der Waals surface area contributed by atoms with Gasteiger partial charge in [0.05, 0.1) is 0 Å². The normalized spacial score (nSPS) is 15.2. The number of rotatable bonds is 5. The molecule has 0 rings (SSSR count). The van der Waals surface area contributed by atoms with E-state index in [4.69, 9.17) is 0 Å². The summed E-state index contributed by atoms with van der Waals surface area (Å²) in [6.45, 7) is 15.6. The average Bonchev–Trinajstić information content (AvgIpc) is 1.85. The highest BCUT2D eigenvalue weighted by Crippen LogP contribution is 2.35. The summed E-state index contributed by atoms with van der Waals surface area (Å²) in [6.07, 6.45) is 3.89. The van der Waals surface area contributed by atoms with Gasteiger partial charge in [-0.25, -0.2) is 0 Å². The third-order valence-corrected chi connectivity index (χ3v) is 2.93. The van der Waals surface area contributed by atoms with Crippen molar-refractivity contribution >= 4 is 0 Å². The highest BCUT2D eigenvalue weighted by atomic mass is 14.3. The molecule has 12 heavy (non-hydrogen) atoms. The van der Waals surface area contributed by atoms with Crippen LogP contribution < -0.4 is 0 Å². The SMILES string of the molecule is [CH2]C(C)CC(C)(C)C(C)CCC. The van der Waals surface area contributed by atoms with E-state index in [1.54, 1.807) is 0 Å². The quantitative estimate of drug-likeness (QED) is 0.575. The van der Waals surface area contributed by atoms with E-state index in [1.807, 2.05) is 0 Å². The molecule has 0 saturated heterocycles. The molecule has 0 aromatic carbocycles. The molecule has 1 radical (unpaired) electrons. The zero-order valence-electron chi connectivity index (χ0n) is 9.48. The average molecular weight is 169 g/mol. The number of hydrogen-bond acceptors (Lipinski definition) is 0. The maximum Gasteiger partial charge on any atom is -0.0326 e. The first kappa shape index (κ1) is 12.0. The highest BCUT2D eigenvalue weighted by molar-refractivity contribution is 4.77. The van der Waals surface area contributed by atoms with E-state index in [0.717, 1.165) is 5.92 Å². The molecule has 73 valence electrons. The lowest BCUT2D eigenvalue weighted by Crippen LogP contribution is -2.23. The van der Waals surface area contributed by atoms with Gasteiger partial charge < -0.3 is 0 Å². The lowest BCUT2D eigenvalue weighted by atomic mass is 9.72. The first-order chi connectivity index (χ1) is 5.40. The van der Waals surface area contributed by atoms with Crippen molar-refractivity contribution in [1.82, 2.24) is 0 Å². The Hall–Kier alpha value is 0. The first-order valence-electron chi connectivity index (χ1n) is 5.23. The first-order valence-corrected chi connectivity index (χ1v) is 5.23. The van der Waals surface area contributed by atoms with Crippen molar-refractivity contribution in [2.24, 2.45) is 17.3 Å². The van der Waals surface area contributed by atoms with Gasteiger partial charge in [-0.2, -0.15) is 0 Å². The maximum absolute atomic E-state index is 4.07. The molecule has 2 unspecified atom stereocenters. The minimum atomic E-state index is 0.469. The van der Waals surface area contributed by atoms with E-state index >= 15 is 0 Å². The Labute approximate surface area is 78.8 Å². The van der Waals surface area contributed by atoms with Gasteiger partial charge >= 0.3 is 0 Å². The Morgan fingerprint density at radius 2 is 1.75 bits per heavy atom.